The van der Waals surface area contributed by atoms with E-state index in [1.807, 2.05) is 6.92 Å². The second-order valence-corrected chi connectivity index (χ2v) is 5.80. The normalized spacial score (nSPS) is 14.6. The van der Waals surface area contributed by atoms with Crippen molar-refractivity contribution in [3.8, 4) is 0 Å². The molecule has 0 saturated carbocycles. The van der Waals surface area contributed by atoms with Crippen LogP contribution >= 0.6 is 0 Å². The van der Waals surface area contributed by atoms with Gasteiger partial charge in [-0.25, -0.2) is 0 Å². The number of nitrogens with one attached hydrogen (secondary N) is 1. The molecule has 4 heteroatoms. The minimum Gasteiger partial charge on any atom is -0.468 e. The van der Waals surface area contributed by atoms with Crippen LogP contribution in [0.3, 0.4) is 0 Å². The number of nitrogens with zero attached hydrogens (tertiary/aromatic N) is 1. The van der Waals surface area contributed by atoms with Crippen molar-refractivity contribution in [3.05, 3.63) is 0 Å². The third kappa shape index (κ3) is 6.23. The van der Waals surface area contributed by atoms with Crippen LogP contribution < -0.4 is 5.32 Å². The van der Waals surface area contributed by atoms with Crippen LogP contribution in [0, 0.1) is 0 Å². The lowest BCUT2D eigenvalue weighted by atomic mass is 9.95. The van der Waals surface area contributed by atoms with E-state index in [9.17, 15) is 4.79 Å². The Morgan fingerprint density at radius 3 is 2.35 bits per heavy atom. The molecular formula is C16H34N2O2. The average Bonchev–Trinajstić information content (AvgIpc) is 2.45. The molecule has 1 N–H and O–H groups in total. The smallest absolute Gasteiger partial charge is 0.325 e. The van der Waals surface area contributed by atoms with Crippen molar-refractivity contribution >= 4 is 5.97 Å². The Bertz CT molecular complexity index is 267. The van der Waals surface area contributed by atoms with Crippen LogP contribution in [0.25, 0.3) is 0 Å². The van der Waals surface area contributed by atoms with Crippen LogP contribution in [0.5, 0.6) is 0 Å². The predicted octanol–water partition coefficient (Wildman–Crippen LogP) is 2.82. The molecule has 1 unspecified atom stereocenters. The van der Waals surface area contributed by atoms with E-state index >= 15 is 0 Å². The molecule has 0 heterocycles. The molecule has 4 nitrogen and oxygen atoms in total. The van der Waals surface area contributed by atoms with E-state index < -0.39 is 5.54 Å². The zero-order chi connectivity index (χ0) is 15.6. The van der Waals surface area contributed by atoms with Crippen LogP contribution in [0.4, 0.5) is 0 Å². The van der Waals surface area contributed by atoms with E-state index in [-0.39, 0.29) is 5.97 Å². The molecule has 0 aliphatic rings. The van der Waals surface area contributed by atoms with E-state index in [1.54, 1.807) is 0 Å². The molecule has 0 rings (SSSR count). The molecule has 0 spiro atoms. The summed E-state index contributed by atoms with van der Waals surface area (Å²) in [7, 11) is 3.64. The Labute approximate surface area is 125 Å². The van der Waals surface area contributed by atoms with Gasteiger partial charge in [0.25, 0.3) is 0 Å². The first-order valence-corrected chi connectivity index (χ1v) is 7.98. The van der Waals surface area contributed by atoms with Crippen molar-refractivity contribution in [2.75, 3.05) is 27.2 Å². The molecule has 120 valence electrons. The maximum Gasteiger partial charge on any atom is 0.325 e. The third-order valence-corrected chi connectivity index (χ3v) is 4.15. The van der Waals surface area contributed by atoms with Crippen LogP contribution in [-0.2, 0) is 9.53 Å². The van der Waals surface area contributed by atoms with Crippen molar-refractivity contribution in [2.45, 2.75) is 71.4 Å². The minimum absolute atomic E-state index is 0.156. The van der Waals surface area contributed by atoms with E-state index in [0.717, 1.165) is 32.4 Å². The fourth-order valence-corrected chi connectivity index (χ4v) is 2.67. The summed E-state index contributed by atoms with van der Waals surface area (Å²) in [5.74, 6) is -0.156. The van der Waals surface area contributed by atoms with Gasteiger partial charge in [-0.1, -0.05) is 20.8 Å². The van der Waals surface area contributed by atoms with Crippen molar-refractivity contribution in [2.24, 2.45) is 0 Å². The van der Waals surface area contributed by atoms with E-state index in [4.69, 9.17) is 4.74 Å². The van der Waals surface area contributed by atoms with Crippen molar-refractivity contribution in [3.63, 3.8) is 0 Å². The first kappa shape index (κ1) is 19.4. The molecule has 0 radical (unpaired) electrons. The molecule has 0 amide bonds. The standard InChI is InChI=1S/C16H34N2O2/c1-7-12-17-16(4,15(19)20-6)11-10-13-18(5)14(8-2)9-3/h14,17H,7-13H2,1-6H3. The minimum atomic E-state index is -0.556. The lowest BCUT2D eigenvalue weighted by molar-refractivity contribution is -0.148. The number of ether oxygens (including phenoxy) is 1. The summed E-state index contributed by atoms with van der Waals surface area (Å²) in [5, 5.41) is 3.33. The number of methoxy groups -OCH3 is 1. The Balaban J connectivity index is 4.36. The highest BCUT2D eigenvalue weighted by molar-refractivity contribution is 5.80. The maximum absolute atomic E-state index is 12.0. The fourth-order valence-electron chi connectivity index (χ4n) is 2.67. The van der Waals surface area contributed by atoms with Gasteiger partial charge in [0.15, 0.2) is 0 Å². The van der Waals surface area contributed by atoms with Crippen molar-refractivity contribution in [1.82, 2.24) is 10.2 Å². The highest BCUT2D eigenvalue weighted by Gasteiger charge is 2.33. The molecule has 20 heavy (non-hydrogen) atoms. The van der Waals surface area contributed by atoms with Gasteiger partial charge in [-0.05, 0) is 59.2 Å². The Hall–Kier alpha value is -0.610. The molecule has 0 aromatic rings. The van der Waals surface area contributed by atoms with Gasteiger partial charge < -0.3 is 15.0 Å². The van der Waals surface area contributed by atoms with Gasteiger partial charge in [-0.3, -0.25) is 4.79 Å². The second-order valence-electron chi connectivity index (χ2n) is 5.80. The van der Waals surface area contributed by atoms with Gasteiger partial charge in [0.1, 0.15) is 5.54 Å². The lowest BCUT2D eigenvalue weighted by Gasteiger charge is -2.30. The lowest BCUT2D eigenvalue weighted by Crippen LogP contribution is -2.50. The van der Waals surface area contributed by atoms with Gasteiger partial charge >= 0.3 is 5.97 Å². The summed E-state index contributed by atoms with van der Waals surface area (Å²) in [4.78, 5) is 14.4. The van der Waals surface area contributed by atoms with Crippen molar-refractivity contribution in [1.29, 1.82) is 0 Å². The highest BCUT2D eigenvalue weighted by atomic mass is 16.5. The molecule has 0 aromatic heterocycles. The summed E-state index contributed by atoms with van der Waals surface area (Å²) in [5.41, 5.74) is -0.556. The number of rotatable bonds is 11. The predicted molar refractivity (Wildman–Crippen MR) is 84.9 cm³/mol. The highest BCUT2D eigenvalue weighted by Crippen LogP contribution is 2.16. The fraction of sp³-hybridized carbons (Fsp3) is 0.938. The Morgan fingerprint density at radius 2 is 1.90 bits per heavy atom. The molecule has 0 aromatic carbocycles. The summed E-state index contributed by atoms with van der Waals surface area (Å²) in [6, 6.07) is 0.642. The summed E-state index contributed by atoms with van der Waals surface area (Å²) in [6.45, 7) is 10.4. The number of carbonyl (C=O) groups is 1. The average molecular weight is 286 g/mol. The second kappa shape index (κ2) is 10.2. The summed E-state index contributed by atoms with van der Waals surface area (Å²) >= 11 is 0. The quantitative estimate of drug-likeness (QED) is 0.593. The SMILES string of the molecule is CCCNC(C)(CCCN(C)C(CC)CC)C(=O)OC. The number of esters is 1. The molecule has 0 aliphatic carbocycles. The number of hydrogen-bond donors (Lipinski definition) is 1. The first-order chi connectivity index (χ1) is 9.45. The van der Waals surface area contributed by atoms with Gasteiger partial charge in [-0.15, -0.1) is 0 Å². The van der Waals surface area contributed by atoms with Crippen LogP contribution in [0.1, 0.15) is 59.8 Å². The van der Waals surface area contributed by atoms with E-state index in [1.165, 1.54) is 20.0 Å². The van der Waals surface area contributed by atoms with Gasteiger partial charge in [0.2, 0.25) is 0 Å². The van der Waals surface area contributed by atoms with Gasteiger partial charge in [0, 0.05) is 6.04 Å². The van der Waals surface area contributed by atoms with Crippen LogP contribution in [0.15, 0.2) is 0 Å². The third-order valence-electron chi connectivity index (χ3n) is 4.15. The molecular weight excluding hydrogens is 252 g/mol. The Morgan fingerprint density at radius 1 is 1.30 bits per heavy atom. The largest absolute Gasteiger partial charge is 0.468 e. The topological polar surface area (TPSA) is 41.6 Å². The molecule has 0 bridgehead atoms. The van der Waals surface area contributed by atoms with Crippen LogP contribution in [0.2, 0.25) is 0 Å². The zero-order valence-corrected chi connectivity index (χ0v) is 14.3. The Kier molecular flexibility index (Phi) is 9.86. The molecule has 0 saturated heterocycles. The van der Waals surface area contributed by atoms with E-state index in [0.29, 0.717) is 6.04 Å². The number of hydrogen-bond acceptors (Lipinski definition) is 4. The molecule has 0 aliphatic heterocycles. The maximum atomic E-state index is 12.0. The van der Waals surface area contributed by atoms with E-state index in [2.05, 4.69) is 38.0 Å². The first-order valence-electron chi connectivity index (χ1n) is 7.98. The summed E-state index contributed by atoms with van der Waals surface area (Å²) in [6.07, 6.45) is 5.17. The van der Waals surface area contributed by atoms with Gasteiger partial charge in [-0.2, -0.15) is 0 Å². The summed E-state index contributed by atoms with van der Waals surface area (Å²) < 4.78 is 4.94. The van der Waals surface area contributed by atoms with Crippen LogP contribution in [-0.4, -0.2) is 49.7 Å². The molecule has 0 fully saturated rings. The molecule has 1 atom stereocenters. The van der Waals surface area contributed by atoms with Crippen molar-refractivity contribution < 1.29 is 9.53 Å². The number of carbonyl (C=O) groups excluding carboxylic acids is 1. The zero-order valence-electron chi connectivity index (χ0n) is 14.3. The van der Waals surface area contributed by atoms with Gasteiger partial charge in [0.05, 0.1) is 7.11 Å². The monoisotopic (exact) mass is 286 g/mol.